The number of ether oxygens (including phenoxy) is 3. The standard InChI is InChI=1S/C29H25Br2N3O7/c1-3-11-40-23-10-9-19(15-24(23)39-2)34-28(37)20(27(36)33-29(34)38)12-17-13-21(30)26(22(31)14-17)41-16-25(35)32-18-7-5-4-6-8-18/h4-10,12-15H,3,11,16H2,1-2H3,(H,32,35)(H,33,36,38)/b20-12-. The number of nitrogens with one attached hydrogen (secondary N) is 2. The van der Waals surface area contributed by atoms with Gasteiger partial charge in [-0.2, -0.15) is 0 Å². The lowest BCUT2D eigenvalue weighted by Gasteiger charge is -2.27. The first-order valence-electron chi connectivity index (χ1n) is 12.4. The van der Waals surface area contributed by atoms with Gasteiger partial charge in [-0.05, 0) is 86.3 Å². The Balaban J connectivity index is 1.54. The first-order valence-corrected chi connectivity index (χ1v) is 14.0. The Morgan fingerprint density at radius 1 is 0.976 bits per heavy atom. The number of carbonyl (C=O) groups is 4. The summed E-state index contributed by atoms with van der Waals surface area (Å²) in [5, 5.41) is 4.94. The second-order valence-electron chi connectivity index (χ2n) is 8.66. The molecule has 3 aromatic rings. The number of benzene rings is 3. The number of para-hydroxylation sites is 1. The van der Waals surface area contributed by atoms with E-state index < -0.39 is 17.8 Å². The smallest absolute Gasteiger partial charge is 0.335 e. The molecular weight excluding hydrogens is 662 g/mol. The van der Waals surface area contributed by atoms with Crippen LogP contribution in [0.2, 0.25) is 0 Å². The van der Waals surface area contributed by atoms with Gasteiger partial charge in [0.1, 0.15) is 11.3 Å². The van der Waals surface area contributed by atoms with Crippen molar-refractivity contribution in [2.24, 2.45) is 0 Å². The Kier molecular flexibility index (Phi) is 9.79. The van der Waals surface area contributed by atoms with Gasteiger partial charge >= 0.3 is 6.03 Å². The molecule has 0 aromatic heterocycles. The van der Waals surface area contributed by atoms with Gasteiger partial charge in [-0.25, -0.2) is 9.69 Å². The number of rotatable bonds is 10. The molecule has 0 radical (unpaired) electrons. The van der Waals surface area contributed by atoms with Crippen molar-refractivity contribution in [3.8, 4) is 17.2 Å². The summed E-state index contributed by atoms with van der Waals surface area (Å²) in [6.07, 6.45) is 2.14. The van der Waals surface area contributed by atoms with Gasteiger partial charge in [0.05, 0.1) is 28.3 Å². The highest BCUT2D eigenvalue weighted by Crippen LogP contribution is 2.36. The third-order valence-electron chi connectivity index (χ3n) is 5.71. The molecule has 4 rings (SSSR count). The van der Waals surface area contributed by atoms with E-state index in [4.69, 9.17) is 14.2 Å². The van der Waals surface area contributed by atoms with Crippen molar-refractivity contribution in [3.63, 3.8) is 0 Å². The molecule has 10 nitrogen and oxygen atoms in total. The minimum atomic E-state index is -0.888. The third-order valence-corrected chi connectivity index (χ3v) is 6.88. The maximum atomic E-state index is 13.4. The number of carbonyl (C=O) groups excluding carboxylic acids is 4. The molecule has 0 saturated carbocycles. The molecule has 0 aliphatic carbocycles. The topological polar surface area (TPSA) is 123 Å². The van der Waals surface area contributed by atoms with E-state index in [1.54, 1.807) is 42.5 Å². The van der Waals surface area contributed by atoms with E-state index in [0.29, 0.717) is 44.1 Å². The largest absolute Gasteiger partial charge is 0.493 e. The van der Waals surface area contributed by atoms with Crippen LogP contribution in [-0.4, -0.2) is 44.1 Å². The molecule has 1 saturated heterocycles. The van der Waals surface area contributed by atoms with E-state index >= 15 is 0 Å². The number of amides is 5. The average molecular weight is 687 g/mol. The van der Waals surface area contributed by atoms with Crippen molar-refractivity contribution in [2.75, 3.05) is 30.5 Å². The molecule has 212 valence electrons. The Hall–Kier alpha value is -4.16. The van der Waals surface area contributed by atoms with Crippen LogP contribution >= 0.6 is 31.9 Å². The van der Waals surface area contributed by atoms with Crippen LogP contribution in [0, 0.1) is 0 Å². The minimum Gasteiger partial charge on any atom is -0.493 e. The summed E-state index contributed by atoms with van der Waals surface area (Å²) in [7, 11) is 1.45. The quantitative estimate of drug-likeness (QED) is 0.207. The summed E-state index contributed by atoms with van der Waals surface area (Å²) in [5.74, 6) is -0.852. The van der Waals surface area contributed by atoms with Gasteiger partial charge in [0.15, 0.2) is 18.1 Å². The van der Waals surface area contributed by atoms with Crippen molar-refractivity contribution in [3.05, 3.63) is 80.7 Å². The zero-order chi connectivity index (χ0) is 29.5. The van der Waals surface area contributed by atoms with Crippen LogP contribution < -0.4 is 29.7 Å². The summed E-state index contributed by atoms with van der Waals surface area (Å²) in [5.41, 5.74) is 1.04. The molecule has 1 aliphatic rings. The van der Waals surface area contributed by atoms with Crippen LogP contribution in [0.3, 0.4) is 0 Å². The highest BCUT2D eigenvalue weighted by molar-refractivity contribution is 9.11. The van der Waals surface area contributed by atoms with E-state index in [-0.39, 0.29) is 23.8 Å². The lowest BCUT2D eigenvalue weighted by Crippen LogP contribution is -2.54. The van der Waals surface area contributed by atoms with E-state index in [1.165, 1.54) is 25.3 Å². The maximum Gasteiger partial charge on any atom is 0.335 e. The van der Waals surface area contributed by atoms with Crippen LogP contribution in [0.1, 0.15) is 18.9 Å². The predicted octanol–water partition coefficient (Wildman–Crippen LogP) is 5.69. The van der Waals surface area contributed by atoms with E-state index in [1.807, 2.05) is 13.0 Å². The number of urea groups is 1. The van der Waals surface area contributed by atoms with Crippen LogP contribution in [0.15, 0.2) is 75.2 Å². The fourth-order valence-corrected chi connectivity index (χ4v) is 5.29. The second-order valence-corrected chi connectivity index (χ2v) is 10.4. The molecule has 0 unspecified atom stereocenters. The maximum absolute atomic E-state index is 13.4. The predicted molar refractivity (Wildman–Crippen MR) is 160 cm³/mol. The minimum absolute atomic E-state index is 0.200. The molecule has 5 amide bonds. The van der Waals surface area contributed by atoms with E-state index in [9.17, 15) is 19.2 Å². The number of imide groups is 2. The zero-order valence-electron chi connectivity index (χ0n) is 22.0. The molecule has 1 heterocycles. The molecule has 1 fully saturated rings. The molecule has 41 heavy (non-hydrogen) atoms. The van der Waals surface area contributed by atoms with Crippen molar-refractivity contribution in [1.29, 1.82) is 0 Å². The molecule has 12 heteroatoms. The lowest BCUT2D eigenvalue weighted by molar-refractivity contribution is -0.122. The monoisotopic (exact) mass is 685 g/mol. The first-order chi connectivity index (χ1) is 19.7. The van der Waals surface area contributed by atoms with Crippen LogP contribution in [0.25, 0.3) is 6.08 Å². The Morgan fingerprint density at radius 3 is 2.34 bits per heavy atom. The van der Waals surface area contributed by atoms with Gasteiger partial charge in [0.2, 0.25) is 0 Å². The van der Waals surface area contributed by atoms with Crippen LogP contribution in [0.4, 0.5) is 16.2 Å². The van der Waals surface area contributed by atoms with Crippen LogP contribution in [0.5, 0.6) is 17.2 Å². The fourth-order valence-electron chi connectivity index (χ4n) is 3.84. The summed E-state index contributed by atoms with van der Waals surface area (Å²) >= 11 is 6.83. The molecule has 2 N–H and O–H groups in total. The van der Waals surface area contributed by atoms with Gasteiger partial charge in [-0.15, -0.1) is 0 Å². The molecule has 0 atom stereocenters. The Labute approximate surface area is 252 Å². The summed E-state index contributed by atoms with van der Waals surface area (Å²) in [6.45, 7) is 2.18. The van der Waals surface area contributed by atoms with Gasteiger partial charge in [0.25, 0.3) is 17.7 Å². The van der Waals surface area contributed by atoms with E-state index in [0.717, 1.165) is 11.3 Å². The van der Waals surface area contributed by atoms with E-state index in [2.05, 4.69) is 42.5 Å². The highest BCUT2D eigenvalue weighted by Gasteiger charge is 2.37. The molecular formula is C29H25Br2N3O7. The fraction of sp³-hybridized carbons (Fsp3) is 0.172. The second kappa shape index (κ2) is 13.5. The SMILES string of the molecule is CCCOc1ccc(N2C(=O)NC(=O)/C(=C/c3cc(Br)c(OCC(=O)Nc4ccccc4)c(Br)c3)C2=O)cc1OC. The summed E-state index contributed by atoms with van der Waals surface area (Å²) in [6, 6.07) is 15.9. The molecule has 1 aliphatic heterocycles. The van der Waals surface area contributed by atoms with Crippen LogP contribution in [-0.2, 0) is 14.4 Å². The number of nitrogens with zero attached hydrogens (tertiary/aromatic N) is 1. The zero-order valence-corrected chi connectivity index (χ0v) is 25.2. The number of anilines is 2. The highest BCUT2D eigenvalue weighted by atomic mass is 79.9. The normalized spacial score (nSPS) is 14.1. The van der Waals surface area contributed by atoms with Crippen molar-refractivity contribution in [1.82, 2.24) is 5.32 Å². The number of halogens is 2. The average Bonchev–Trinajstić information content (AvgIpc) is 2.94. The molecule has 3 aromatic carbocycles. The molecule has 0 bridgehead atoms. The van der Waals surface area contributed by atoms with Crippen molar-refractivity contribution < 1.29 is 33.4 Å². The van der Waals surface area contributed by atoms with Gasteiger partial charge < -0.3 is 19.5 Å². The Bertz CT molecular complexity index is 1500. The lowest BCUT2D eigenvalue weighted by atomic mass is 10.1. The third kappa shape index (κ3) is 7.14. The summed E-state index contributed by atoms with van der Waals surface area (Å²) in [4.78, 5) is 51.9. The van der Waals surface area contributed by atoms with Crippen molar-refractivity contribution >= 4 is 73.1 Å². The van der Waals surface area contributed by atoms with Gasteiger partial charge in [-0.1, -0.05) is 25.1 Å². The van der Waals surface area contributed by atoms with Crippen molar-refractivity contribution in [2.45, 2.75) is 13.3 Å². The Morgan fingerprint density at radius 2 is 1.68 bits per heavy atom. The summed E-state index contributed by atoms with van der Waals surface area (Å²) < 4.78 is 17.6. The number of barbiturate groups is 1. The number of hydrogen-bond donors (Lipinski definition) is 2. The van der Waals surface area contributed by atoms with Gasteiger partial charge in [-0.3, -0.25) is 19.7 Å². The molecule has 0 spiro atoms. The number of methoxy groups -OCH3 is 1. The number of hydrogen-bond acceptors (Lipinski definition) is 7. The van der Waals surface area contributed by atoms with Gasteiger partial charge in [0, 0.05) is 11.8 Å². The first kappa shape index (κ1) is 29.8.